The number of aromatic nitrogens is 1. The lowest BCUT2D eigenvalue weighted by atomic mass is 10.2. The van der Waals surface area contributed by atoms with Crippen molar-refractivity contribution in [2.75, 3.05) is 29.5 Å². The fraction of sp³-hybridized carbons (Fsp3) is 0.400. The van der Waals surface area contributed by atoms with Crippen LogP contribution in [0.1, 0.15) is 10.4 Å². The van der Waals surface area contributed by atoms with E-state index >= 15 is 0 Å². The first-order chi connectivity index (χ1) is 8.08. The number of halogens is 1. The van der Waals surface area contributed by atoms with E-state index in [1.165, 1.54) is 12.3 Å². The highest BCUT2D eigenvalue weighted by Gasteiger charge is 2.18. The Kier molecular flexibility index (Phi) is 3.63. The van der Waals surface area contributed by atoms with Crippen molar-refractivity contribution in [2.45, 2.75) is 0 Å². The van der Waals surface area contributed by atoms with Gasteiger partial charge >= 0.3 is 5.97 Å². The molecule has 1 aromatic rings. The van der Waals surface area contributed by atoms with E-state index in [0.29, 0.717) is 30.4 Å². The molecule has 1 aliphatic heterocycles. The molecule has 1 saturated heterocycles. The Balaban J connectivity index is 2.24. The first-order valence-electron chi connectivity index (χ1n) is 5.06. The Bertz CT molecular complexity index is 471. The van der Waals surface area contributed by atoms with E-state index in [2.05, 4.69) is 4.98 Å². The fourth-order valence-electron chi connectivity index (χ4n) is 1.63. The molecule has 92 valence electrons. The molecule has 0 atom stereocenters. The predicted octanol–water partition coefficient (Wildman–Crippen LogP) is 1.00. The summed E-state index contributed by atoms with van der Waals surface area (Å²) in [5, 5.41) is 9.08. The Labute approximate surface area is 106 Å². The molecule has 0 aromatic carbocycles. The number of hydrogen-bond acceptors (Lipinski definition) is 4. The molecular weight excluding hydrogens is 264 g/mol. The molecule has 2 rings (SSSR count). The Hall–Kier alpha value is -1.14. The van der Waals surface area contributed by atoms with Crippen LogP contribution in [0.15, 0.2) is 12.3 Å². The predicted molar refractivity (Wildman–Crippen MR) is 66.3 cm³/mol. The maximum absolute atomic E-state index is 11.2. The fourth-order valence-corrected chi connectivity index (χ4v) is 2.87. The number of nitrogens with zero attached hydrogens (tertiary/aromatic N) is 2. The van der Waals surface area contributed by atoms with Crippen molar-refractivity contribution < 1.29 is 14.1 Å². The number of anilines is 1. The normalized spacial score (nSPS) is 17.1. The topological polar surface area (TPSA) is 70.5 Å². The van der Waals surface area contributed by atoms with Gasteiger partial charge in [-0.1, -0.05) is 11.6 Å². The number of carboxylic acid groups (broad SMARTS) is 1. The van der Waals surface area contributed by atoms with E-state index in [9.17, 15) is 9.00 Å². The number of aromatic carboxylic acids is 1. The molecule has 0 unspecified atom stereocenters. The van der Waals surface area contributed by atoms with Crippen molar-refractivity contribution >= 4 is 34.2 Å². The average Bonchev–Trinajstić information content (AvgIpc) is 2.30. The highest BCUT2D eigenvalue weighted by atomic mass is 35.5. The van der Waals surface area contributed by atoms with E-state index < -0.39 is 16.8 Å². The quantitative estimate of drug-likeness (QED) is 0.871. The molecule has 0 saturated carbocycles. The second-order valence-corrected chi connectivity index (χ2v) is 5.77. The van der Waals surface area contributed by atoms with Gasteiger partial charge in [-0.15, -0.1) is 0 Å². The lowest BCUT2D eigenvalue weighted by Crippen LogP contribution is -2.38. The Morgan fingerprint density at radius 3 is 2.71 bits per heavy atom. The van der Waals surface area contributed by atoms with Gasteiger partial charge in [-0.05, 0) is 6.07 Å². The van der Waals surface area contributed by atoms with Gasteiger partial charge in [0.05, 0.1) is 10.6 Å². The summed E-state index contributed by atoms with van der Waals surface area (Å²) in [5.74, 6) is 0.683. The summed E-state index contributed by atoms with van der Waals surface area (Å²) in [4.78, 5) is 17.0. The Morgan fingerprint density at radius 1 is 1.47 bits per heavy atom. The third kappa shape index (κ3) is 2.76. The number of rotatable bonds is 2. The SMILES string of the molecule is O=C(O)c1cc(N2CCS(=O)CC2)ncc1Cl. The maximum atomic E-state index is 11.2. The highest BCUT2D eigenvalue weighted by molar-refractivity contribution is 7.85. The van der Waals surface area contributed by atoms with Gasteiger partial charge in [0.25, 0.3) is 0 Å². The van der Waals surface area contributed by atoms with Crippen LogP contribution in [0.3, 0.4) is 0 Å². The second kappa shape index (κ2) is 5.01. The molecule has 0 spiro atoms. The summed E-state index contributed by atoms with van der Waals surface area (Å²) in [7, 11) is -0.765. The van der Waals surface area contributed by atoms with Gasteiger partial charge in [0, 0.05) is 41.6 Å². The van der Waals surface area contributed by atoms with Crippen molar-refractivity contribution in [2.24, 2.45) is 0 Å². The van der Waals surface area contributed by atoms with Crippen LogP contribution in [-0.4, -0.2) is 44.9 Å². The van der Waals surface area contributed by atoms with Gasteiger partial charge in [0.2, 0.25) is 0 Å². The number of pyridine rings is 1. The van der Waals surface area contributed by atoms with Crippen molar-refractivity contribution in [3.63, 3.8) is 0 Å². The average molecular weight is 275 g/mol. The van der Waals surface area contributed by atoms with Crippen molar-refractivity contribution in [3.05, 3.63) is 22.8 Å². The number of hydrogen-bond donors (Lipinski definition) is 1. The van der Waals surface area contributed by atoms with E-state index in [4.69, 9.17) is 16.7 Å². The van der Waals surface area contributed by atoms with Crippen LogP contribution in [0, 0.1) is 0 Å². The summed E-state index contributed by atoms with van der Waals surface area (Å²) in [5.41, 5.74) is 0.0448. The zero-order valence-electron chi connectivity index (χ0n) is 8.93. The molecule has 1 aliphatic rings. The van der Waals surface area contributed by atoms with Crippen molar-refractivity contribution in [1.82, 2.24) is 4.98 Å². The molecule has 1 fully saturated rings. The van der Waals surface area contributed by atoms with E-state index in [1.807, 2.05) is 4.90 Å². The van der Waals surface area contributed by atoms with Crippen LogP contribution in [0.5, 0.6) is 0 Å². The molecule has 5 nitrogen and oxygen atoms in total. The van der Waals surface area contributed by atoms with Crippen LogP contribution in [-0.2, 0) is 10.8 Å². The lowest BCUT2D eigenvalue weighted by Gasteiger charge is -2.27. The zero-order valence-corrected chi connectivity index (χ0v) is 10.5. The van der Waals surface area contributed by atoms with Crippen LogP contribution in [0.2, 0.25) is 5.02 Å². The molecular formula is C10H11ClN2O3S. The van der Waals surface area contributed by atoms with Crippen molar-refractivity contribution in [1.29, 1.82) is 0 Å². The van der Waals surface area contributed by atoms with Gasteiger partial charge in [0.15, 0.2) is 0 Å². The monoisotopic (exact) mass is 274 g/mol. The van der Waals surface area contributed by atoms with Crippen LogP contribution < -0.4 is 4.90 Å². The van der Waals surface area contributed by atoms with Crippen LogP contribution in [0.4, 0.5) is 5.82 Å². The summed E-state index contributed by atoms with van der Waals surface area (Å²) in [6.45, 7) is 1.25. The molecule has 17 heavy (non-hydrogen) atoms. The second-order valence-electron chi connectivity index (χ2n) is 3.66. The molecule has 1 aromatic heterocycles. The summed E-state index contributed by atoms with van der Waals surface area (Å²) >= 11 is 5.74. The molecule has 0 amide bonds. The standard InChI is InChI=1S/C10H11ClN2O3S/c11-8-6-12-9(5-7(8)10(14)15)13-1-3-17(16)4-2-13/h5-6H,1-4H2,(H,14,15). The van der Waals surface area contributed by atoms with Gasteiger partial charge in [0.1, 0.15) is 5.82 Å². The smallest absolute Gasteiger partial charge is 0.337 e. The minimum Gasteiger partial charge on any atom is -0.478 e. The van der Waals surface area contributed by atoms with E-state index in [0.717, 1.165) is 0 Å². The molecule has 2 heterocycles. The molecule has 1 N–H and O–H groups in total. The third-order valence-corrected chi connectivity index (χ3v) is 4.15. The zero-order chi connectivity index (χ0) is 12.4. The van der Waals surface area contributed by atoms with Gasteiger partial charge in [-0.25, -0.2) is 9.78 Å². The molecule has 7 heteroatoms. The van der Waals surface area contributed by atoms with Gasteiger partial charge in [-0.2, -0.15) is 0 Å². The largest absolute Gasteiger partial charge is 0.478 e. The van der Waals surface area contributed by atoms with Crippen LogP contribution >= 0.6 is 11.6 Å². The van der Waals surface area contributed by atoms with E-state index in [-0.39, 0.29) is 10.6 Å². The van der Waals surface area contributed by atoms with Crippen molar-refractivity contribution in [3.8, 4) is 0 Å². The first-order valence-corrected chi connectivity index (χ1v) is 6.93. The number of carboxylic acids is 1. The summed E-state index contributed by atoms with van der Waals surface area (Å²) in [6, 6.07) is 1.46. The van der Waals surface area contributed by atoms with Gasteiger partial charge in [-0.3, -0.25) is 4.21 Å². The lowest BCUT2D eigenvalue weighted by molar-refractivity contribution is 0.0697. The summed E-state index contributed by atoms with van der Waals surface area (Å²) < 4.78 is 11.2. The highest BCUT2D eigenvalue weighted by Crippen LogP contribution is 2.21. The minimum atomic E-state index is -1.07. The van der Waals surface area contributed by atoms with Crippen LogP contribution in [0.25, 0.3) is 0 Å². The minimum absolute atomic E-state index is 0.0448. The maximum Gasteiger partial charge on any atom is 0.337 e. The van der Waals surface area contributed by atoms with E-state index in [1.54, 1.807) is 0 Å². The summed E-state index contributed by atoms with van der Waals surface area (Å²) in [6.07, 6.45) is 1.34. The molecule has 0 bridgehead atoms. The first kappa shape index (κ1) is 12.3. The number of carbonyl (C=O) groups is 1. The molecule has 0 radical (unpaired) electrons. The molecule has 0 aliphatic carbocycles. The third-order valence-electron chi connectivity index (χ3n) is 2.57. The Morgan fingerprint density at radius 2 is 2.12 bits per heavy atom. The van der Waals surface area contributed by atoms with Gasteiger partial charge < -0.3 is 10.0 Å².